The van der Waals surface area contributed by atoms with Crippen LogP contribution in [0, 0.1) is 0 Å². The highest BCUT2D eigenvalue weighted by Crippen LogP contribution is 2.17. The molecule has 0 aromatic heterocycles. The van der Waals surface area contributed by atoms with E-state index in [4.69, 9.17) is 14.6 Å². The summed E-state index contributed by atoms with van der Waals surface area (Å²) in [6, 6.07) is 4.53. The van der Waals surface area contributed by atoms with Gasteiger partial charge in [-0.3, -0.25) is 0 Å². The van der Waals surface area contributed by atoms with Crippen LogP contribution < -0.4 is 5.32 Å². The number of para-hydroxylation sites is 1. The highest BCUT2D eigenvalue weighted by molar-refractivity contribution is 6.03. The zero-order valence-electron chi connectivity index (χ0n) is 11.8. The summed E-state index contributed by atoms with van der Waals surface area (Å²) in [5, 5.41) is 11.7. The van der Waals surface area contributed by atoms with E-state index in [-0.39, 0.29) is 24.5 Å². The fraction of sp³-hybridized carbons (Fsp3) is 0.357. The number of ether oxygens (including phenoxy) is 2. The summed E-state index contributed by atoms with van der Waals surface area (Å²) in [4.78, 5) is 34.7. The van der Waals surface area contributed by atoms with Crippen LogP contribution in [0.3, 0.4) is 0 Å². The van der Waals surface area contributed by atoms with Crippen LogP contribution in [0.2, 0.25) is 0 Å². The first-order valence-corrected chi connectivity index (χ1v) is 6.43. The molecular weight excluding hydrogens is 278 g/mol. The molecule has 0 aliphatic heterocycles. The summed E-state index contributed by atoms with van der Waals surface area (Å²) in [5.41, 5.74) is 0.0761. The average molecular weight is 295 g/mol. The fourth-order valence-corrected chi connectivity index (χ4v) is 1.62. The quantitative estimate of drug-likeness (QED) is 0.577. The molecule has 0 fully saturated rings. The monoisotopic (exact) mass is 295 g/mol. The zero-order chi connectivity index (χ0) is 15.8. The van der Waals surface area contributed by atoms with Crippen molar-refractivity contribution in [3.8, 4) is 0 Å². The van der Waals surface area contributed by atoms with E-state index in [0.29, 0.717) is 0 Å². The van der Waals surface area contributed by atoms with E-state index < -0.39 is 23.9 Å². The SMILES string of the molecule is CCOC(=O)C(Nc1ccccc1C(=O)O)C(=O)OCC. The van der Waals surface area contributed by atoms with Crippen LogP contribution in [0.5, 0.6) is 0 Å². The van der Waals surface area contributed by atoms with Gasteiger partial charge in [0.2, 0.25) is 6.04 Å². The normalized spacial score (nSPS) is 10.0. The Hall–Kier alpha value is -2.57. The van der Waals surface area contributed by atoms with Crippen molar-refractivity contribution in [3.05, 3.63) is 29.8 Å². The average Bonchev–Trinajstić information content (AvgIpc) is 2.45. The largest absolute Gasteiger partial charge is 0.478 e. The molecule has 7 heteroatoms. The predicted molar refractivity (Wildman–Crippen MR) is 74.1 cm³/mol. The second kappa shape index (κ2) is 7.88. The topological polar surface area (TPSA) is 102 Å². The first-order valence-electron chi connectivity index (χ1n) is 6.43. The zero-order valence-corrected chi connectivity index (χ0v) is 11.8. The number of anilines is 1. The number of carboxylic acids is 1. The highest BCUT2D eigenvalue weighted by atomic mass is 16.6. The Labute approximate surface area is 121 Å². The van der Waals surface area contributed by atoms with Crippen molar-refractivity contribution in [2.24, 2.45) is 0 Å². The molecule has 0 bridgehead atoms. The molecule has 1 aromatic carbocycles. The van der Waals surface area contributed by atoms with Crippen molar-refractivity contribution in [1.29, 1.82) is 0 Å². The molecule has 0 amide bonds. The Balaban J connectivity index is 3.03. The minimum atomic E-state index is -1.41. The predicted octanol–water partition coefficient (Wildman–Crippen LogP) is 1.29. The molecule has 2 N–H and O–H groups in total. The van der Waals surface area contributed by atoms with Crippen LogP contribution in [0.15, 0.2) is 24.3 Å². The van der Waals surface area contributed by atoms with Crippen molar-refractivity contribution in [2.45, 2.75) is 19.9 Å². The van der Waals surface area contributed by atoms with Gasteiger partial charge in [-0.2, -0.15) is 0 Å². The lowest BCUT2D eigenvalue weighted by molar-refractivity contribution is -0.155. The Morgan fingerprint density at radius 2 is 1.62 bits per heavy atom. The molecule has 0 spiro atoms. The Morgan fingerprint density at radius 1 is 1.10 bits per heavy atom. The van der Waals surface area contributed by atoms with Gasteiger partial charge in [-0.25, -0.2) is 14.4 Å². The van der Waals surface area contributed by atoms with Crippen molar-refractivity contribution in [2.75, 3.05) is 18.5 Å². The van der Waals surface area contributed by atoms with E-state index in [1.165, 1.54) is 12.1 Å². The molecule has 0 radical (unpaired) electrons. The van der Waals surface area contributed by atoms with E-state index in [9.17, 15) is 14.4 Å². The van der Waals surface area contributed by atoms with Gasteiger partial charge in [0.15, 0.2) is 0 Å². The molecule has 0 saturated carbocycles. The number of rotatable bonds is 7. The smallest absolute Gasteiger partial charge is 0.340 e. The Kier molecular flexibility index (Phi) is 6.19. The molecule has 1 rings (SSSR count). The van der Waals surface area contributed by atoms with Crippen LogP contribution in [0.1, 0.15) is 24.2 Å². The lowest BCUT2D eigenvalue weighted by atomic mass is 10.1. The van der Waals surface area contributed by atoms with Gasteiger partial charge in [0, 0.05) is 5.69 Å². The molecule has 0 unspecified atom stereocenters. The number of aromatic carboxylic acids is 1. The molecule has 0 saturated heterocycles. The van der Waals surface area contributed by atoms with Crippen LogP contribution in [0.25, 0.3) is 0 Å². The molecule has 0 atom stereocenters. The van der Waals surface area contributed by atoms with Crippen molar-refractivity contribution < 1.29 is 29.0 Å². The van der Waals surface area contributed by atoms with Crippen LogP contribution in [-0.2, 0) is 19.1 Å². The summed E-state index contributed by atoms with van der Waals surface area (Å²) in [7, 11) is 0. The molecule has 1 aromatic rings. The van der Waals surface area contributed by atoms with Gasteiger partial charge in [0.1, 0.15) is 0 Å². The maximum Gasteiger partial charge on any atom is 0.340 e. The van der Waals surface area contributed by atoms with E-state index >= 15 is 0 Å². The highest BCUT2D eigenvalue weighted by Gasteiger charge is 2.30. The Morgan fingerprint density at radius 3 is 2.10 bits per heavy atom. The van der Waals surface area contributed by atoms with Crippen LogP contribution in [0.4, 0.5) is 5.69 Å². The summed E-state index contributed by atoms with van der Waals surface area (Å²) in [6.07, 6.45) is 0. The van der Waals surface area contributed by atoms with E-state index in [1.807, 2.05) is 0 Å². The van der Waals surface area contributed by atoms with Gasteiger partial charge in [0.05, 0.1) is 18.8 Å². The Bertz CT molecular complexity index is 510. The second-order valence-corrected chi connectivity index (χ2v) is 3.93. The third kappa shape index (κ3) is 4.48. The third-order valence-corrected chi connectivity index (χ3v) is 2.50. The van der Waals surface area contributed by atoms with E-state index in [1.54, 1.807) is 26.0 Å². The standard InChI is InChI=1S/C14H17NO6/c1-3-20-13(18)11(14(19)21-4-2)15-10-8-6-5-7-9(10)12(16)17/h5-8,11,15H,3-4H2,1-2H3,(H,16,17). The molecule has 0 heterocycles. The third-order valence-electron chi connectivity index (χ3n) is 2.50. The minimum Gasteiger partial charge on any atom is -0.478 e. The number of hydrogen-bond acceptors (Lipinski definition) is 6. The van der Waals surface area contributed by atoms with E-state index in [0.717, 1.165) is 0 Å². The molecule has 21 heavy (non-hydrogen) atoms. The van der Waals surface area contributed by atoms with E-state index in [2.05, 4.69) is 5.32 Å². The van der Waals surface area contributed by atoms with Crippen molar-refractivity contribution in [1.82, 2.24) is 0 Å². The van der Waals surface area contributed by atoms with Crippen molar-refractivity contribution in [3.63, 3.8) is 0 Å². The second-order valence-electron chi connectivity index (χ2n) is 3.93. The molecule has 7 nitrogen and oxygen atoms in total. The summed E-state index contributed by atoms with van der Waals surface area (Å²) < 4.78 is 9.59. The van der Waals surface area contributed by atoms with Crippen LogP contribution in [-0.4, -0.2) is 42.3 Å². The summed E-state index contributed by atoms with van der Waals surface area (Å²) >= 11 is 0. The lowest BCUT2D eigenvalue weighted by Crippen LogP contribution is -2.40. The van der Waals surface area contributed by atoms with Gasteiger partial charge >= 0.3 is 17.9 Å². The first kappa shape index (κ1) is 16.5. The molecule has 0 aliphatic rings. The van der Waals surface area contributed by atoms with Crippen LogP contribution >= 0.6 is 0 Å². The molecular formula is C14H17NO6. The fourth-order valence-electron chi connectivity index (χ4n) is 1.62. The minimum absolute atomic E-state index is 0.0592. The number of benzene rings is 1. The number of nitrogens with one attached hydrogen (secondary N) is 1. The first-order chi connectivity index (χ1) is 10.0. The number of carbonyl (C=O) groups is 3. The van der Waals surface area contributed by atoms with Gasteiger partial charge in [-0.05, 0) is 26.0 Å². The van der Waals surface area contributed by atoms with Gasteiger partial charge in [0.25, 0.3) is 0 Å². The van der Waals surface area contributed by atoms with Gasteiger partial charge in [-0.15, -0.1) is 0 Å². The van der Waals surface area contributed by atoms with Crippen molar-refractivity contribution >= 4 is 23.6 Å². The molecule has 0 aliphatic carbocycles. The summed E-state index contributed by atoms with van der Waals surface area (Å²) in [6.45, 7) is 3.39. The van der Waals surface area contributed by atoms with Gasteiger partial charge in [-0.1, -0.05) is 12.1 Å². The maximum absolute atomic E-state index is 11.8. The molecule has 114 valence electrons. The number of carbonyl (C=O) groups excluding carboxylic acids is 2. The summed E-state index contributed by atoms with van der Waals surface area (Å²) in [5.74, 6) is -2.82. The number of carboxylic acid groups (broad SMARTS) is 1. The van der Waals surface area contributed by atoms with Gasteiger partial charge < -0.3 is 19.9 Å². The maximum atomic E-state index is 11.8. The lowest BCUT2D eigenvalue weighted by Gasteiger charge is -2.18. The number of esters is 2. The number of hydrogen-bond donors (Lipinski definition) is 2.